The molecule has 2 aromatic rings. The van der Waals surface area contributed by atoms with Crippen molar-refractivity contribution in [2.45, 2.75) is 0 Å². The first-order valence-corrected chi connectivity index (χ1v) is 6.04. The van der Waals surface area contributed by atoms with Crippen LogP contribution in [0.25, 0.3) is 11.1 Å². The molecule has 0 aliphatic rings. The number of rotatable bonds is 5. The Kier molecular flexibility index (Phi) is 4.25. The molecule has 1 heterocycles. The summed E-state index contributed by atoms with van der Waals surface area (Å²) < 4.78 is 0. The Bertz CT molecular complexity index is 467. The van der Waals surface area contributed by atoms with Gasteiger partial charge in [-0.25, -0.2) is 9.97 Å². The third kappa shape index (κ3) is 3.05. The van der Waals surface area contributed by atoms with Crippen LogP contribution in [0, 0.1) is 0 Å². The number of nitrogens with zero attached hydrogens (tertiary/aromatic N) is 3. The molecule has 0 radical (unpaired) electrons. The molecule has 0 spiro atoms. The third-order valence-corrected chi connectivity index (χ3v) is 2.78. The smallest absolute Gasteiger partial charge is 0.225 e. The third-order valence-electron chi connectivity index (χ3n) is 2.78. The molecule has 4 heteroatoms. The molecule has 1 aromatic heterocycles. The van der Waals surface area contributed by atoms with Gasteiger partial charge < -0.3 is 10.2 Å². The summed E-state index contributed by atoms with van der Waals surface area (Å²) in [5.41, 5.74) is 2.18. The molecule has 18 heavy (non-hydrogen) atoms. The molecule has 0 saturated heterocycles. The maximum Gasteiger partial charge on any atom is 0.225 e. The zero-order valence-corrected chi connectivity index (χ0v) is 10.8. The standard InChI is InChI=1S/C14H18N4/c1-15-8-9-18(2)14-16-10-13(11-17-14)12-6-4-3-5-7-12/h3-7,10-11,15H,8-9H2,1-2H3. The van der Waals surface area contributed by atoms with E-state index in [0.29, 0.717) is 0 Å². The quantitative estimate of drug-likeness (QED) is 0.868. The lowest BCUT2D eigenvalue weighted by molar-refractivity contribution is 0.753. The second-order valence-corrected chi connectivity index (χ2v) is 4.16. The molecule has 0 bridgehead atoms. The van der Waals surface area contributed by atoms with Gasteiger partial charge in [0, 0.05) is 38.1 Å². The molecule has 1 aromatic carbocycles. The van der Waals surface area contributed by atoms with Crippen molar-refractivity contribution in [3.8, 4) is 11.1 Å². The van der Waals surface area contributed by atoms with Gasteiger partial charge in [-0.05, 0) is 12.6 Å². The van der Waals surface area contributed by atoms with Crippen LogP contribution in [0.15, 0.2) is 42.7 Å². The van der Waals surface area contributed by atoms with Crippen molar-refractivity contribution in [3.05, 3.63) is 42.7 Å². The fourth-order valence-corrected chi connectivity index (χ4v) is 1.68. The largest absolute Gasteiger partial charge is 0.343 e. The molecule has 0 fully saturated rings. The topological polar surface area (TPSA) is 41.0 Å². The van der Waals surface area contributed by atoms with Crippen molar-refractivity contribution in [1.29, 1.82) is 0 Å². The predicted molar refractivity (Wildman–Crippen MR) is 74.7 cm³/mol. The van der Waals surface area contributed by atoms with E-state index in [9.17, 15) is 0 Å². The normalized spacial score (nSPS) is 10.3. The van der Waals surface area contributed by atoms with Crippen molar-refractivity contribution in [2.75, 3.05) is 32.1 Å². The Morgan fingerprint density at radius 2 is 1.72 bits per heavy atom. The first kappa shape index (κ1) is 12.5. The van der Waals surface area contributed by atoms with Gasteiger partial charge in [0.25, 0.3) is 0 Å². The van der Waals surface area contributed by atoms with E-state index in [2.05, 4.69) is 27.4 Å². The highest BCUT2D eigenvalue weighted by atomic mass is 15.2. The summed E-state index contributed by atoms with van der Waals surface area (Å²) in [7, 11) is 3.93. The Balaban J connectivity index is 2.10. The van der Waals surface area contributed by atoms with Crippen molar-refractivity contribution in [2.24, 2.45) is 0 Å². The van der Waals surface area contributed by atoms with E-state index in [0.717, 1.165) is 30.2 Å². The second-order valence-electron chi connectivity index (χ2n) is 4.16. The molecule has 94 valence electrons. The monoisotopic (exact) mass is 242 g/mol. The van der Waals surface area contributed by atoms with Crippen LogP contribution >= 0.6 is 0 Å². The van der Waals surface area contributed by atoms with E-state index in [-0.39, 0.29) is 0 Å². The van der Waals surface area contributed by atoms with E-state index in [1.54, 1.807) is 0 Å². The average Bonchev–Trinajstić information content (AvgIpc) is 2.46. The van der Waals surface area contributed by atoms with Gasteiger partial charge in [-0.2, -0.15) is 0 Å². The van der Waals surface area contributed by atoms with Crippen LogP contribution in [0.4, 0.5) is 5.95 Å². The highest BCUT2D eigenvalue weighted by molar-refractivity contribution is 5.61. The van der Waals surface area contributed by atoms with Gasteiger partial charge >= 0.3 is 0 Å². The van der Waals surface area contributed by atoms with Crippen LogP contribution in [-0.2, 0) is 0 Å². The van der Waals surface area contributed by atoms with Crippen LogP contribution in [0.2, 0.25) is 0 Å². The van der Waals surface area contributed by atoms with Crippen molar-refractivity contribution in [3.63, 3.8) is 0 Å². The molecule has 4 nitrogen and oxygen atoms in total. The zero-order valence-electron chi connectivity index (χ0n) is 10.8. The van der Waals surface area contributed by atoms with E-state index < -0.39 is 0 Å². The van der Waals surface area contributed by atoms with Crippen LogP contribution < -0.4 is 10.2 Å². The summed E-state index contributed by atoms with van der Waals surface area (Å²) in [6.45, 7) is 1.81. The van der Waals surface area contributed by atoms with E-state index in [4.69, 9.17) is 0 Å². The maximum atomic E-state index is 4.39. The van der Waals surface area contributed by atoms with Crippen LogP contribution in [0.5, 0.6) is 0 Å². The minimum atomic E-state index is 0.755. The van der Waals surface area contributed by atoms with Crippen molar-refractivity contribution in [1.82, 2.24) is 15.3 Å². The number of hydrogen-bond acceptors (Lipinski definition) is 4. The summed E-state index contributed by atoms with van der Waals surface area (Å²) in [6.07, 6.45) is 3.74. The Labute approximate surface area is 108 Å². The second kappa shape index (κ2) is 6.12. The summed E-state index contributed by atoms with van der Waals surface area (Å²) in [5.74, 6) is 0.755. The Hall–Kier alpha value is -1.94. The fraction of sp³-hybridized carbons (Fsp3) is 0.286. The lowest BCUT2D eigenvalue weighted by Crippen LogP contribution is -2.28. The van der Waals surface area contributed by atoms with Crippen LogP contribution in [0.3, 0.4) is 0 Å². The SMILES string of the molecule is CNCCN(C)c1ncc(-c2ccccc2)cn1. The molecule has 0 amide bonds. The van der Waals surface area contributed by atoms with Gasteiger partial charge in [0.15, 0.2) is 0 Å². The molecular formula is C14H18N4. The number of nitrogens with one attached hydrogen (secondary N) is 1. The molecule has 0 atom stereocenters. The first-order chi connectivity index (χ1) is 8.81. The van der Waals surface area contributed by atoms with E-state index in [1.807, 2.05) is 49.6 Å². The highest BCUT2D eigenvalue weighted by Crippen LogP contribution is 2.17. The van der Waals surface area contributed by atoms with Crippen LogP contribution in [0.1, 0.15) is 0 Å². The zero-order chi connectivity index (χ0) is 12.8. The minimum absolute atomic E-state index is 0.755. The first-order valence-electron chi connectivity index (χ1n) is 6.04. The van der Waals surface area contributed by atoms with Crippen molar-refractivity contribution >= 4 is 5.95 Å². The van der Waals surface area contributed by atoms with Crippen LogP contribution in [-0.4, -0.2) is 37.2 Å². The molecule has 0 unspecified atom stereocenters. The lowest BCUT2D eigenvalue weighted by atomic mass is 10.1. The summed E-state index contributed by atoms with van der Waals surface area (Å²) in [5, 5.41) is 3.11. The molecule has 1 N–H and O–H groups in total. The number of likely N-dealkylation sites (N-methyl/N-ethyl adjacent to an activating group) is 2. The number of benzene rings is 1. The molecule has 2 rings (SSSR count). The van der Waals surface area contributed by atoms with Gasteiger partial charge in [0.05, 0.1) is 0 Å². The van der Waals surface area contributed by atoms with Gasteiger partial charge in [0.2, 0.25) is 5.95 Å². The van der Waals surface area contributed by atoms with E-state index in [1.165, 1.54) is 0 Å². The Morgan fingerprint density at radius 3 is 2.33 bits per heavy atom. The average molecular weight is 242 g/mol. The molecule has 0 saturated carbocycles. The van der Waals surface area contributed by atoms with E-state index >= 15 is 0 Å². The fourth-order valence-electron chi connectivity index (χ4n) is 1.68. The summed E-state index contributed by atoms with van der Waals surface area (Å²) >= 11 is 0. The maximum absolute atomic E-state index is 4.39. The van der Waals surface area contributed by atoms with Gasteiger partial charge in [-0.15, -0.1) is 0 Å². The van der Waals surface area contributed by atoms with Crippen molar-refractivity contribution < 1.29 is 0 Å². The van der Waals surface area contributed by atoms with Gasteiger partial charge in [0.1, 0.15) is 0 Å². The highest BCUT2D eigenvalue weighted by Gasteiger charge is 2.04. The van der Waals surface area contributed by atoms with Gasteiger partial charge in [-0.3, -0.25) is 0 Å². The number of anilines is 1. The summed E-state index contributed by atoms with van der Waals surface area (Å²) in [6, 6.07) is 10.2. The number of hydrogen-bond donors (Lipinski definition) is 1. The Morgan fingerprint density at radius 1 is 1.06 bits per heavy atom. The number of aromatic nitrogens is 2. The predicted octanol–water partition coefficient (Wildman–Crippen LogP) is 1.80. The lowest BCUT2D eigenvalue weighted by Gasteiger charge is -2.16. The minimum Gasteiger partial charge on any atom is -0.343 e. The molecule has 0 aliphatic heterocycles. The molecule has 0 aliphatic carbocycles. The van der Waals surface area contributed by atoms with Gasteiger partial charge in [-0.1, -0.05) is 30.3 Å². The summed E-state index contributed by atoms with van der Waals surface area (Å²) in [4.78, 5) is 10.8. The molecular weight excluding hydrogens is 224 g/mol.